The molecule has 0 bridgehead atoms. The lowest BCUT2D eigenvalue weighted by atomic mass is 10.1. The molecule has 0 amide bonds. The van der Waals surface area contributed by atoms with Gasteiger partial charge in [-0.05, 0) is 18.2 Å². The number of halogens is 3. The van der Waals surface area contributed by atoms with Crippen molar-refractivity contribution in [1.29, 1.82) is 0 Å². The highest BCUT2D eigenvalue weighted by Crippen LogP contribution is 2.25. The second kappa shape index (κ2) is 7.28. The lowest BCUT2D eigenvalue weighted by Gasteiger charge is -2.06. The lowest BCUT2D eigenvalue weighted by Crippen LogP contribution is -2.09. The minimum absolute atomic E-state index is 0.0336. The van der Waals surface area contributed by atoms with E-state index in [4.69, 9.17) is 16.3 Å². The van der Waals surface area contributed by atoms with Gasteiger partial charge < -0.3 is 9.47 Å². The monoisotopic (exact) mass is 278 g/mol. The second-order valence-electron chi connectivity index (χ2n) is 3.49. The van der Waals surface area contributed by atoms with Crippen LogP contribution in [0.1, 0.15) is 16.8 Å². The first-order chi connectivity index (χ1) is 8.54. The summed E-state index contributed by atoms with van der Waals surface area (Å²) in [5.74, 6) is 0.190. The highest BCUT2D eigenvalue weighted by Gasteiger charge is 2.10. The molecule has 0 aliphatic heterocycles. The zero-order valence-electron chi connectivity index (χ0n) is 9.79. The maximum atomic E-state index is 11.8. The standard InChI is InChI=1S/C12H13ClF2O3/c1-17-11-6-8(2-3-9(11)13)10(16)4-5-18-7-12(14)15/h2-3,6,12H,4-5,7H2,1H3. The van der Waals surface area contributed by atoms with E-state index < -0.39 is 13.0 Å². The van der Waals surface area contributed by atoms with E-state index in [-0.39, 0.29) is 18.8 Å². The molecular weight excluding hydrogens is 266 g/mol. The molecular formula is C12H13ClF2O3. The molecule has 0 radical (unpaired) electrons. The van der Waals surface area contributed by atoms with Gasteiger partial charge in [0.15, 0.2) is 5.78 Å². The Hall–Kier alpha value is -1.20. The fourth-order valence-electron chi connectivity index (χ4n) is 1.31. The van der Waals surface area contributed by atoms with Crippen LogP contribution in [-0.4, -0.2) is 32.5 Å². The number of hydrogen-bond donors (Lipinski definition) is 0. The summed E-state index contributed by atoms with van der Waals surface area (Å²) in [4.78, 5) is 11.7. The van der Waals surface area contributed by atoms with Gasteiger partial charge in [0.05, 0.1) is 18.7 Å². The fourth-order valence-corrected chi connectivity index (χ4v) is 1.51. The number of ketones is 1. The summed E-state index contributed by atoms with van der Waals surface area (Å²) in [5, 5.41) is 0.406. The minimum atomic E-state index is -2.52. The molecule has 0 N–H and O–H groups in total. The number of rotatable bonds is 7. The largest absolute Gasteiger partial charge is 0.495 e. The summed E-state index contributed by atoms with van der Waals surface area (Å²) in [5.41, 5.74) is 0.414. The second-order valence-corrected chi connectivity index (χ2v) is 3.90. The van der Waals surface area contributed by atoms with E-state index in [1.54, 1.807) is 12.1 Å². The molecule has 100 valence electrons. The highest BCUT2D eigenvalue weighted by molar-refractivity contribution is 6.32. The molecule has 0 fully saturated rings. The maximum Gasteiger partial charge on any atom is 0.261 e. The number of hydrogen-bond acceptors (Lipinski definition) is 3. The van der Waals surface area contributed by atoms with Crippen LogP contribution in [0.3, 0.4) is 0 Å². The Morgan fingerprint density at radius 1 is 1.44 bits per heavy atom. The Morgan fingerprint density at radius 2 is 2.17 bits per heavy atom. The van der Waals surface area contributed by atoms with Crippen molar-refractivity contribution < 1.29 is 23.0 Å². The molecule has 1 rings (SSSR count). The smallest absolute Gasteiger partial charge is 0.261 e. The molecule has 0 saturated heterocycles. The average Bonchev–Trinajstić information content (AvgIpc) is 2.34. The minimum Gasteiger partial charge on any atom is -0.495 e. The summed E-state index contributed by atoms with van der Waals surface area (Å²) >= 11 is 5.82. The SMILES string of the molecule is COc1cc(C(=O)CCOCC(F)F)ccc1Cl. The van der Waals surface area contributed by atoms with Gasteiger partial charge in [0.1, 0.15) is 12.4 Å². The third-order valence-corrected chi connectivity index (χ3v) is 2.50. The first kappa shape index (κ1) is 14.9. The Bertz CT molecular complexity index is 410. The molecule has 0 atom stereocenters. The van der Waals surface area contributed by atoms with Gasteiger partial charge in [-0.1, -0.05) is 11.6 Å². The van der Waals surface area contributed by atoms with E-state index in [1.807, 2.05) is 0 Å². The van der Waals surface area contributed by atoms with E-state index in [0.717, 1.165) is 0 Å². The molecule has 1 aromatic carbocycles. The molecule has 6 heteroatoms. The van der Waals surface area contributed by atoms with Crippen LogP contribution in [0.5, 0.6) is 5.75 Å². The van der Waals surface area contributed by atoms with Crippen molar-refractivity contribution in [2.45, 2.75) is 12.8 Å². The lowest BCUT2D eigenvalue weighted by molar-refractivity contribution is 0.0170. The maximum absolute atomic E-state index is 11.8. The van der Waals surface area contributed by atoms with Crippen LogP contribution in [0.4, 0.5) is 8.78 Å². The Kier molecular flexibility index (Phi) is 6.01. The van der Waals surface area contributed by atoms with Crippen molar-refractivity contribution in [3.8, 4) is 5.75 Å². The van der Waals surface area contributed by atoms with Gasteiger partial charge in [0, 0.05) is 12.0 Å². The summed E-state index contributed by atoms with van der Waals surface area (Å²) in [6.45, 7) is -0.689. The zero-order valence-corrected chi connectivity index (χ0v) is 10.5. The Morgan fingerprint density at radius 3 is 2.78 bits per heavy atom. The average molecular weight is 279 g/mol. The zero-order chi connectivity index (χ0) is 13.5. The van der Waals surface area contributed by atoms with Crippen LogP contribution >= 0.6 is 11.6 Å². The van der Waals surface area contributed by atoms with Crippen molar-refractivity contribution in [3.63, 3.8) is 0 Å². The molecule has 0 aliphatic rings. The van der Waals surface area contributed by atoms with Gasteiger partial charge in [0.25, 0.3) is 6.43 Å². The van der Waals surface area contributed by atoms with Gasteiger partial charge in [-0.25, -0.2) is 8.78 Å². The Labute approximate surface area is 109 Å². The van der Waals surface area contributed by atoms with Crippen LogP contribution in [0, 0.1) is 0 Å². The van der Waals surface area contributed by atoms with E-state index in [2.05, 4.69) is 4.74 Å². The fraction of sp³-hybridized carbons (Fsp3) is 0.417. The molecule has 0 heterocycles. The molecule has 0 saturated carbocycles. The summed E-state index contributed by atoms with van der Waals surface area (Å²) in [6.07, 6.45) is -2.48. The first-order valence-corrected chi connectivity index (χ1v) is 5.65. The van der Waals surface area contributed by atoms with Gasteiger partial charge in [0.2, 0.25) is 0 Å². The first-order valence-electron chi connectivity index (χ1n) is 5.27. The topological polar surface area (TPSA) is 35.5 Å². The number of carbonyl (C=O) groups excluding carboxylic acids is 1. The van der Waals surface area contributed by atoms with Crippen LogP contribution in [0.2, 0.25) is 5.02 Å². The number of alkyl halides is 2. The van der Waals surface area contributed by atoms with Gasteiger partial charge in [-0.15, -0.1) is 0 Å². The molecule has 0 aliphatic carbocycles. The normalized spacial score (nSPS) is 10.7. The van der Waals surface area contributed by atoms with E-state index in [1.165, 1.54) is 13.2 Å². The molecule has 18 heavy (non-hydrogen) atoms. The number of carbonyl (C=O) groups is 1. The Balaban J connectivity index is 2.51. The summed E-state index contributed by atoms with van der Waals surface area (Å²) < 4.78 is 33.2. The summed E-state index contributed by atoms with van der Waals surface area (Å²) in [6, 6.07) is 4.62. The predicted octanol–water partition coefficient (Wildman–Crippen LogP) is 3.20. The molecule has 1 aromatic rings. The van der Waals surface area contributed by atoms with Crippen molar-refractivity contribution >= 4 is 17.4 Å². The van der Waals surface area contributed by atoms with E-state index in [9.17, 15) is 13.6 Å². The van der Waals surface area contributed by atoms with Crippen molar-refractivity contribution in [3.05, 3.63) is 28.8 Å². The number of ether oxygens (including phenoxy) is 2. The van der Waals surface area contributed by atoms with Crippen LogP contribution in [-0.2, 0) is 4.74 Å². The number of Topliss-reactive ketones (excluding diaryl/α,β-unsaturated/α-hetero) is 1. The van der Waals surface area contributed by atoms with Crippen LogP contribution in [0.25, 0.3) is 0 Å². The molecule has 0 aromatic heterocycles. The van der Waals surface area contributed by atoms with E-state index >= 15 is 0 Å². The third kappa shape index (κ3) is 4.58. The number of benzene rings is 1. The van der Waals surface area contributed by atoms with Crippen LogP contribution in [0.15, 0.2) is 18.2 Å². The quantitative estimate of drug-likeness (QED) is 0.567. The van der Waals surface area contributed by atoms with Crippen LogP contribution < -0.4 is 4.74 Å². The summed E-state index contributed by atoms with van der Waals surface area (Å²) in [7, 11) is 1.45. The molecule has 0 spiro atoms. The van der Waals surface area contributed by atoms with Crippen molar-refractivity contribution in [2.75, 3.05) is 20.3 Å². The van der Waals surface area contributed by atoms with Gasteiger partial charge in [-0.2, -0.15) is 0 Å². The van der Waals surface area contributed by atoms with Gasteiger partial charge >= 0.3 is 0 Å². The highest BCUT2D eigenvalue weighted by atomic mass is 35.5. The van der Waals surface area contributed by atoms with Crippen molar-refractivity contribution in [2.24, 2.45) is 0 Å². The van der Waals surface area contributed by atoms with E-state index in [0.29, 0.717) is 16.3 Å². The molecule has 3 nitrogen and oxygen atoms in total. The molecule has 0 unspecified atom stereocenters. The third-order valence-electron chi connectivity index (χ3n) is 2.19. The predicted molar refractivity (Wildman–Crippen MR) is 63.8 cm³/mol. The number of methoxy groups -OCH3 is 1. The van der Waals surface area contributed by atoms with Crippen molar-refractivity contribution in [1.82, 2.24) is 0 Å². The van der Waals surface area contributed by atoms with Gasteiger partial charge in [-0.3, -0.25) is 4.79 Å².